The number of benzene rings is 2. The Morgan fingerprint density at radius 1 is 0.966 bits per heavy atom. The van der Waals surface area contributed by atoms with Crippen molar-refractivity contribution in [2.45, 2.75) is 38.6 Å². The van der Waals surface area contributed by atoms with Gasteiger partial charge < -0.3 is 9.32 Å². The predicted molar refractivity (Wildman–Crippen MR) is 115 cm³/mol. The van der Waals surface area contributed by atoms with E-state index in [0.717, 1.165) is 59.1 Å². The lowest BCUT2D eigenvalue weighted by molar-refractivity contribution is 0.408. The van der Waals surface area contributed by atoms with E-state index in [0.29, 0.717) is 0 Å². The number of rotatable bonds is 4. The molecule has 0 radical (unpaired) electrons. The molecule has 2 aromatic carbocycles. The maximum atomic E-state index is 6.35. The van der Waals surface area contributed by atoms with E-state index in [1.807, 2.05) is 48.7 Å². The van der Waals surface area contributed by atoms with Gasteiger partial charge >= 0.3 is 0 Å². The van der Waals surface area contributed by atoms with Crippen LogP contribution in [-0.4, -0.2) is 21.5 Å². The fourth-order valence-electron chi connectivity index (χ4n) is 4.07. The summed E-state index contributed by atoms with van der Waals surface area (Å²) in [7, 11) is 0. The first kappa shape index (κ1) is 17.9. The molecule has 0 N–H and O–H groups in total. The highest BCUT2D eigenvalue weighted by molar-refractivity contribution is 5.75. The van der Waals surface area contributed by atoms with E-state index in [9.17, 15) is 0 Å². The Balaban J connectivity index is 1.54. The molecule has 2 aromatic heterocycles. The first-order valence-corrected chi connectivity index (χ1v) is 10.2. The first-order chi connectivity index (χ1) is 14.2. The van der Waals surface area contributed by atoms with Crippen molar-refractivity contribution in [2.75, 3.05) is 11.4 Å². The fraction of sp³-hybridized carbons (Fsp3) is 0.292. The van der Waals surface area contributed by atoms with Gasteiger partial charge in [0.1, 0.15) is 23.3 Å². The van der Waals surface area contributed by atoms with Crippen molar-refractivity contribution in [3.63, 3.8) is 0 Å². The minimum Gasteiger partial charge on any atom is -0.442 e. The number of fused-ring (bicyclic) bond motifs is 1. The van der Waals surface area contributed by atoms with Gasteiger partial charge in [-0.15, -0.1) is 0 Å². The topological polar surface area (TPSA) is 55.1 Å². The van der Waals surface area contributed by atoms with Crippen molar-refractivity contribution in [2.24, 2.45) is 0 Å². The van der Waals surface area contributed by atoms with Crippen LogP contribution in [0.15, 0.2) is 65.2 Å². The molecule has 1 saturated heterocycles. The second kappa shape index (κ2) is 7.32. The molecule has 0 spiro atoms. The van der Waals surface area contributed by atoms with Crippen LogP contribution in [0.3, 0.4) is 0 Å². The van der Waals surface area contributed by atoms with Gasteiger partial charge in [0.05, 0.1) is 17.2 Å². The zero-order chi connectivity index (χ0) is 19.8. The summed E-state index contributed by atoms with van der Waals surface area (Å²) in [6.07, 6.45) is 3.95. The van der Waals surface area contributed by atoms with Gasteiger partial charge in [-0.3, -0.25) is 4.98 Å². The van der Waals surface area contributed by atoms with Crippen molar-refractivity contribution in [1.82, 2.24) is 15.0 Å². The van der Waals surface area contributed by atoms with Crippen LogP contribution in [0.5, 0.6) is 0 Å². The average Bonchev–Trinajstić information content (AvgIpc) is 3.41. The third-order valence-electron chi connectivity index (χ3n) is 5.51. The van der Waals surface area contributed by atoms with Gasteiger partial charge in [0, 0.05) is 18.0 Å². The lowest BCUT2D eigenvalue weighted by Gasteiger charge is -2.23. The third kappa shape index (κ3) is 3.27. The molecule has 0 aliphatic carbocycles. The minimum absolute atomic E-state index is 0.0837. The number of aromatic nitrogens is 3. The molecule has 1 aliphatic heterocycles. The van der Waals surface area contributed by atoms with Crippen molar-refractivity contribution >= 4 is 16.9 Å². The number of anilines is 1. The predicted octanol–water partition coefficient (Wildman–Crippen LogP) is 5.75. The number of hydrogen-bond donors (Lipinski definition) is 0. The van der Waals surface area contributed by atoms with Crippen LogP contribution >= 0.6 is 0 Å². The van der Waals surface area contributed by atoms with Crippen LogP contribution in [0, 0.1) is 0 Å². The fourth-order valence-corrected chi connectivity index (χ4v) is 4.07. The zero-order valence-corrected chi connectivity index (χ0v) is 16.7. The lowest BCUT2D eigenvalue weighted by atomic mass is 10.0. The van der Waals surface area contributed by atoms with E-state index in [1.165, 1.54) is 0 Å². The number of hydrogen-bond acceptors (Lipinski definition) is 5. The highest BCUT2D eigenvalue weighted by Crippen LogP contribution is 2.39. The Morgan fingerprint density at radius 2 is 1.72 bits per heavy atom. The highest BCUT2D eigenvalue weighted by Gasteiger charge is 2.33. The van der Waals surface area contributed by atoms with E-state index in [2.05, 4.69) is 35.9 Å². The second-order valence-electron chi connectivity index (χ2n) is 7.85. The summed E-state index contributed by atoms with van der Waals surface area (Å²) in [5.41, 5.74) is 3.88. The van der Waals surface area contributed by atoms with Crippen molar-refractivity contribution in [3.05, 3.63) is 72.4 Å². The Hall–Kier alpha value is -3.21. The van der Waals surface area contributed by atoms with Gasteiger partial charge in [-0.2, -0.15) is 0 Å². The molecule has 0 saturated carbocycles. The van der Waals surface area contributed by atoms with Gasteiger partial charge in [-0.1, -0.05) is 56.3 Å². The molecule has 5 nitrogen and oxygen atoms in total. The van der Waals surface area contributed by atoms with Crippen molar-refractivity contribution in [1.29, 1.82) is 0 Å². The standard InChI is InChI=1S/C24H24N4O/c1-16(2)23-22(17-9-4-3-5-10-17)27-24(29-23)20-13-8-14-28(20)21-15-25-18-11-6-7-12-19(18)26-21/h3-7,9-12,15-16,20H,8,13-14H2,1-2H3/t20-/m0/s1. The van der Waals surface area contributed by atoms with E-state index < -0.39 is 0 Å². The Kier molecular flexibility index (Phi) is 4.51. The normalized spacial score (nSPS) is 16.8. The van der Waals surface area contributed by atoms with Crippen molar-refractivity contribution < 1.29 is 4.42 Å². The maximum Gasteiger partial charge on any atom is 0.217 e. The number of para-hydroxylation sites is 2. The SMILES string of the molecule is CC(C)c1oc([C@@H]2CCCN2c2cnc3ccccc3n2)nc1-c1ccccc1. The van der Waals surface area contributed by atoms with Crippen LogP contribution in [0.1, 0.15) is 50.3 Å². The van der Waals surface area contributed by atoms with Crippen LogP contribution < -0.4 is 4.90 Å². The van der Waals surface area contributed by atoms with Crippen LogP contribution in [0.4, 0.5) is 5.82 Å². The molecule has 0 amide bonds. The molecule has 29 heavy (non-hydrogen) atoms. The molecule has 1 fully saturated rings. The Labute approximate surface area is 170 Å². The van der Waals surface area contributed by atoms with E-state index in [1.54, 1.807) is 0 Å². The number of nitrogens with zero attached hydrogens (tertiary/aromatic N) is 4. The van der Waals surface area contributed by atoms with Crippen LogP contribution in [0.2, 0.25) is 0 Å². The second-order valence-corrected chi connectivity index (χ2v) is 7.85. The molecule has 0 bridgehead atoms. The van der Waals surface area contributed by atoms with E-state index in [4.69, 9.17) is 14.4 Å². The molecule has 1 atom stereocenters. The summed E-state index contributed by atoms with van der Waals surface area (Å²) >= 11 is 0. The van der Waals surface area contributed by atoms with E-state index in [-0.39, 0.29) is 12.0 Å². The lowest BCUT2D eigenvalue weighted by Crippen LogP contribution is -2.24. The van der Waals surface area contributed by atoms with Gasteiger partial charge in [0.15, 0.2) is 0 Å². The average molecular weight is 384 g/mol. The summed E-state index contributed by atoms with van der Waals surface area (Å²) in [4.78, 5) is 16.7. The van der Waals surface area contributed by atoms with Crippen LogP contribution in [0.25, 0.3) is 22.3 Å². The monoisotopic (exact) mass is 384 g/mol. The molecule has 1 aliphatic rings. The molecule has 146 valence electrons. The largest absolute Gasteiger partial charge is 0.442 e. The smallest absolute Gasteiger partial charge is 0.217 e. The molecule has 3 heterocycles. The van der Waals surface area contributed by atoms with Gasteiger partial charge in [0.2, 0.25) is 5.89 Å². The highest BCUT2D eigenvalue weighted by atomic mass is 16.4. The third-order valence-corrected chi connectivity index (χ3v) is 5.51. The van der Waals surface area contributed by atoms with Gasteiger partial charge in [-0.05, 0) is 25.0 Å². The van der Waals surface area contributed by atoms with Crippen LogP contribution in [-0.2, 0) is 0 Å². The molecule has 5 heteroatoms. The van der Waals surface area contributed by atoms with Gasteiger partial charge in [0.25, 0.3) is 0 Å². The van der Waals surface area contributed by atoms with E-state index >= 15 is 0 Å². The molecule has 0 unspecified atom stereocenters. The molecular weight excluding hydrogens is 360 g/mol. The Morgan fingerprint density at radius 3 is 2.52 bits per heavy atom. The Bertz CT molecular complexity index is 1140. The number of oxazole rings is 1. The summed E-state index contributed by atoms with van der Waals surface area (Å²) < 4.78 is 6.35. The molecule has 5 rings (SSSR count). The summed E-state index contributed by atoms with van der Waals surface area (Å²) in [6, 6.07) is 18.4. The quantitative estimate of drug-likeness (QED) is 0.448. The van der Waals surface area contributed by atoms with Crippen molar-refractivity contribution in [3.8, 4) is 11.3 Å². The summed E-state index contributed by atoms with van der Waals surface area (Å²) in [6.45, 7) is 5.23. The molecule has 4 aromatic rings. The molecular formula is C24H24N4O. The van der Waals surface area contributed by atoms with Gasteiger partial charge in [-0.25, -0.2) is 9.97 Å². The minimum atomic E-state index is 0.0837. The first-order valence-electron chi connectivity index (χ1n) is 10.2. The maximum absolute atomic E-state index is 6.35. The summed E-state index contributed by atoms with van der Waals surface area (Å²) in [5.74, 6) is 2.88. The summed E-state index contributed by atoms with van der Waals surface area (Å²) in [5, 5.41) is 0. The zero-order valence-electron chi connectivity index (χ0n) is 16.7.